The van der Waals surface area contributed by atoms with Crippen LogP contribution in [0.4, 0.5) is 11.4 Å². The van der Waals surface area contributed by atoms with E-state index in [1.807, 2.05) is 34.6 Å². The molecule has 4 nitrogen and oxygen atoms in total. The Hall–Kier alpha value is -0.960. The normalized spacial score (nSPS) is 12.9. The van der Waals surface area contributed by atoms with Gasteiger partial charge in [-0.3, -0.25) is 9.59 Å². The maximum absolute atomic E-state index is 11.5. The molecule has 0 radical (unpaired) electrons. The van der Waals surface area contributed by atoms with Gasteiger partial charge in [0.15, 0.2) is 0 Å². The van der Waals surface area contributed by atoms with Crippen LogP contribution in [-0.2, 0) is 9.59 Å². The van der Waals surface area contributed by atoms with Gasteiger partial charge in [-0.1, -0.05) is 48.0 Å². The van der Waals surface area contributed by atoms with Gasteiger partial charge in [0.05, 0.1) is 10.5 Å². The number of carbonyl (C=O) groups is 2. The first-order chi connectivity index (χ1) is 12.9. The van der Waals surface area contributed by atoms with Crippen LogP contribution in [0.25, 0.3) is 0 Å². The predicted molar refractivity (Wildman–Crippen MR) is 133 cm³/mol. The third-order valence-corrected chi connectivity index (χ3v) is 7.58. The lowest BCUT2D eigenvalue weighted by Gasteiger charge is -2.23. The lowest BCUT2D eigenvalue weighted by atomic mass is 9.96. The Bertz CT molecular complexity index is 758. The molecule has 2 N–H and O–H groups in total. The van der Waals surface area contributed by atoms with Crippen molar-refractivity contribution in [3.63, 3.8) is 0 Å². The van der Waals surface area contributed by atoms with Gasteiger partial charge in [-0.05, 0) is 77.6 Å². The van der Waals surface area contributed by atoms with Gasteiger partial charge < -0.3 is 10.6 Å². The second kappa shape index (κ2) is 10.7. The van der Waals surface area contributed by atoms with Crippen LogP contribution in [0.5, 0.6) is 0 Å². The van der Waals surface area contributed by atoms with Crippen molar-refractivity contribution in [2.24, 2.45) is 0 Å². The second-order valence-electron chi connectivity index (χ2n) is 6.82. The molecule has 28 heavy (non-hydrogen) atoms. The fourth-order valence-corrected chi connectivity index (χ4v) is 4.84. The standard InChI is InChI=1S/C20H28N2O2S4/c1-9-10(2)17(21-19(25)27-15(7)13(5)23)12(4)18(11(9)3)22-20(26)28-16(8)14(6)24/h15-16H,1-8H3,(H,21,25)(H,22,26). The topological polar surface area (TPSA) is 58.2 Å². The molecule has 0 aliphatic carbocycles. The summed E-state index contributed by atoms with van der Waals surface area (Å²) >= 11 is 13.6. The average Bonchev–Trinajstić information content (AvgIpc) is 2.60. The molecule has 8 heteroatoms. The van der Waals surface area contributed by atoms with Gasteiger partial charge in [0, 0.05) is 11.4 Å². The number of nitrogens with one attached hydrogen (secondary N) is 2. The highest BCUT2D eigenvalue weighted by Gasteiger charge is 2.19. The number of hydrogen-bond acceptors (Lipinski definition) is 6. The number of ketones is 2. The van der Waals surface area contributed by atoms with E-state index in [9.17, 15) is 9.59 Å². The zero-order valence-corrected chi connectivity index (χ0v) is 20.9. The van der Waals surface area contributed by atoms with Crippen LogP contribution >= 0.6 is 48.0 Å². The van der Waals surface area contributed by atoms with Crippen molar-refractivity contribution < 1.29 is 9.59 Å². The lowest BCUT2D eigenvalue weighted by molar-refractivity contribution is -0.117. The molecule has 1 aromatic carbocycles. The molecule has 1 rings (SSSR count). The van der Waals surface area contributed by atoms with Crippen LogP contribution in [0, 0.1) is 27.7 Å². The zero-order chi connectivity index (χ0) is 21.8. The molecule has 0 aliphatic heterocycles. The molecular weight excluding hydrogens is 429 g/mol. The Balaban J connectivity index is 3.17. The number of benzene rings is 1. The smallest absolute Gasteiger partial charge is 0.142 e. The summed E-state index contributed by atoms with van der Waals surface area (Å²) < 4.78 is 1.12. The molecule has 2 atom stereocenters. The summed E-state index contributed by atoms with van der Waals surface area (Å²) in [6.07, 6.45) is 0. The molecule has 1 aromatic rings. The van der Waals surface area contributed by atoms with Gasteiger partial charge in [-0.15, -0.1) is 0 Å². The lowest BCUT2D eigenvalue weighted by Crippen LogP contribution is -2.19. The number of thiocarbonyl (C=S) groups is 2. The summed E-state index contributed by atoms with van der Waals surface area (Å²) in [4.78, 5) is 23.0. The SMILES string of the molecule is CC(=O)C(C)SC(=S)Nc1c(C)c(C)c(C)c(NC(=S)SC(C)C(C)=O)c1C. The zero-order valence-electron chi connectivity index (χ0n) is 17.6. The van der Waals surface area contributed by atoms with Crippen molar-refractivity contribution in [2.45, 2.75) is 65.9 Å². The number of thioether (sulfide) groups is 2. The molecule has 0 bridgehead atoms. The molecule has 0 fully saturated rings. The maximum atomic E-state index is 11.5. The summed E-state index contributed by atoms with van der Waals surface area (Å²) in [5.74, 6) is 0.180. The molecule has 0 spiro atoms. The summed E-state index contributed by atoms with van der Waals surface area (Å²) in [7, 11) is 0. The van der Waals surface area contributed by atoms with Gasteiger partial charge in [-0.25, -0.2) is 0 Å². The van der Waals surface area contributed by atoms with Crippen molar-refractivity contribution >= 4 is 79.5 Å². The van der Waals surface area contributed by atoms with Crippen LogP contribution in [0.1, 0.15) is 49.9 Å². The van der Waals surface area contributed by atoms with Crippen LogP contribution < -0.4 is 10.6 Å². The van der Waals surface area contributed by atoms with Gasteiger partial charge in [-0.2, -0.15) is 0 Å². The van der Waals surface area contributed by atoms with Crippen molar-refractivity contribution in [3.8, 4) is 0 Å². The molecule has 2 unspecified atom stereocenters. The first kappa shape index (κ1) is 25.1. The van der Waals surface area contributed by atoms with Crippen LogP contribution in [0.15, 0.2) is 0 Å². The number of hydrogen-bond donors (Lipinski definition) is 2. The Kier molecular flexibility index (Phi) is 9.59. The van der Waals surface area contributed by atoms with Crippen LogP contribution in [-0.4, -0.2) is 30.7 Å². The Morgan fingerprint density at radius 1 is 0.714 bits per heavy atom. The molecular formula is C20H28N2O2S4. The first-order valence-corrected chi connectivity index (χ1v) is 11.5. The van der Waals surface area contributed by atoms with E-state index in [2.05, 4.69) is 17.6 Å². The molecule has 0 saturated heterocycles. The van der Waals surface area contributed by atoms with Crippen LogP contribution in [0.3, 0.4) is 0 Å². The third kappa shape index (κ3) is 6.54. The van der Waals surface area contributed by atoms with Crippen molar-refractivity contribution in [2.75, 3.05) is 10.6 Å². The number of carbonyl (C=O) groups excluding carboxylic acids is 2. The van der Waals surface area contributed by atoms with Gasteiger partial charge >= 0.3 is 0 Å². The third-order valence-electron chi connectivity index (χ3n) is 4.79. The largest absolute Gasteiger partial charge is 0.341 e. The molecule has 0 heterocycles. The monoisotopic (exact) mass is 456 g/mol. The van der Waals surface area contributed by atoms with E-state index in [1.165, 1.54) is 23.5 Å². The van der Waals surface area contributed by atoms with Crippen molar-refractivity contribution in [1.29, 1.82) is 0 Å². The van der Waals surface area contributed by atoms with E-state index >= 15 is 0 Å². The summed E-state index contributed by atoms with van der Waals surface area (Å²) in [6, 6.07) is 0. The highest BCUT2D eigenvalue weighted by atomic mass is 32.2. The van der Waals surface area contributed by atoms with E-state index in [-0.39, 0.29) is 22.1 Å². The van der Waals surface area contributed by atoms with E-state index in [0.717, 1.165) is 33.6 Å². The van der Waals surface area contributed by atoms with Crippen molar-refractivity contribution in [1.82, 2.24) is 0 Å². The van der Waals surface area contributed by atoms with E-state index in [0.29, 0.717) is 8.64 Å². The predicted octanol–water partition coefficient (Wildman–Crippen LogP) is 5.74. The molecule has 0 saturated carbocycles. The highest BCUT2D eigenvalue weighted by molar-refractivity contribution is 8.24. The van der Waals surface area contributed by atoms with Gasteiger partial charge in [0.1, 0.15) is 20.2 Å². The summed E-state index contributed by atoms with van der Waals surface area (Å²) in [6.45, 7) is 15.0. The molecule has 0 aromatic heterocycles. The van der Waals surface area contributed by atoms with E-state index < -0.39 is 0 Å². The second-order valence-corrected chi connectivity index (χ2v) is 10.9. The summed E-state index contributed by atoms with van der Waals surface area (Å²) in [5.41, 5.74) is 6.19. The van der Waals surface area contributed by atoms with Gasteiger partial charge in [0.25, 0.3) is 0 Å². The van der Waals surface area contributed by atoms with E-state index in [1.54, 1.807) is 13.8 Å². The highest BCUT2D eigenvalue weighted by Crippen LogP contribution is 2.36. The average molecular weight is 457 g/mol. The Morgan fingerprint density at radius 2 is 1.04 bits per heavy atom. The Morgan fingerprint density at radius 3 is 1.32 bits per heavy atom. The number of rotatable bonds is 6. The molecule has 0 aliphatic rings. The first-order valence-electron chi connectivity index (χ1n) is 8.93. The number of Topliss-reactive ketones (excluding diaryl/α,β-unsaturated/α-hetero) is 2. The minimum Gasteiger partial charge on any atom is -0.341 e. The quantitative estimate of drug-likeness (QED) is 0.526. The Labute approximate surface area is 187 Å². The van der Waals surface area contributed by atoms with Crippen molar-refractivity contribution in [3.05, 3.63) is 22.3 Å². The van der Waals surface area contributed by atoms with Gasteiger partial charge in [0.2, 0.25) is 0 Å². The number of anilines is 2. The fourth-order valence-electron chi connectivity index (χ4n) is 2.47. The minimum atomic E-state index is -0.193. The minimum absolute atomic E-state index is 0.0898. The molecule has 0 amide bonds. The molecule has 154 valence electrons. The van der Waals surface area contributed by atoms with E-state index in [4.69, 9.17) is 24.4 Å². The maximum Gasteiger partial charge on any atom is 0.142 e. The summed E-state index contributed by atoms with van der Waals surface area (Å²) in [5, 5.41) is 6.22. The van der Waals surface area contributed by atoms with Crippen LogP contribution in [0.2, 0.25) is 0 Å². The fraction of sp³-hybridized carbons (Fsp3) is 0.500.